The van der Waals surface area contributed by atoms with Crippen LogP contribution in [0.2, 0.25) is 5.02 Å². The molecule has 0 aliphatic carbocycles. The SMILES string of the molecule is Cc1ccc(NC2=C(c3ccc(Cl)cc3)C(=O)N(Cc3ccccc3F)C2=O)c(C)c1. The van der Waals surface area contributed by atoms with Gasteiger partial charge in [-0.15, -0.1) is 0 Å². The van der Waals surface area contributed by atoms with Gasteiger partial charge in [0.25, 0.3) is 11.8 Å². The molecule has 0 saturated heterocycles. The monoisotopic (exact) mass is 434 g/mol. The lowest BCUT2D eigenvalue weighted by atomic mass is 10.0. The highest BCUT2D eigenvalue weighted by Crippen LogP contribution is 2.33. The zero-order chi connectivity index (χ0) is 22.1. The van der Waals surface area contributed by atoms with E-state index < -0.39 is 17.6 Å². The third-order valence-electron chi connectivity index (χ3n) is 5.23. The summed E-state index contributed by atoms with van der Waals surface area (Å²) in [6.07, 6.45) is 0. The maximum Gasteiger partial charge on any atom is 0.278 e. The van der Waals surface area contributed by atoms with Crippen LogP contribution in [0.25, 0.3) is 5.57 Å². The lowest BCUT2D eigenvalue weighted by molar-refractivity contribution is -0.137. The number of rotatable bonds is 5. The molecule has 1 aliphatic heterocycles. The predicted molar refractivity (Wildman–Crippen MR) is 120 cm³/mol. The fourth-order valence-electron chi connectivity index (χ4n) is 3.61. The second kappa shape index (κ2) is 8.36. The number of benzene rings is 3. The number of amides is 2. The molecular formula is C25H20ClFN2O2. The van der Waals surface area contributed by atoms with Crippen LogP contribution in [0.1, 0.15) is 22.3 Å². The number of nitrogens with one attached hydrogen (secondary N) is 1. The molecule has 3 aromatic rings. The topological polar surface area (TPSA) is 49.4 Å². The van der Waals surface area contributed by atoms with Gasteiger partial charge in [0, 0.05) is 16.3 Å². The average Bonchev–Trinajstić information content (AvgIpc) is 2.96. The van der Waals surface area contributed by atoms with Crippen molar-refractivity contribution in [2.75, 3.05) is 5.32 Å². The van der Waals surface area contributed by atoms with Crippen LogP contribution in [0.4, 0.5) is 10.1 Å². The first kappa shape index (κ1) is 20.8. The second-order valence-corrected chi connectivity index (χ2v) is 7.92. The van der Waals surface area contributed by atoms with Crippen LogP contribution >= 0.6 is 11.6 Å². The fourth-order valence-corrected chi connectivity index (χ4v) is 3.73. The Kier molecular flexibility index (Phi) is 5.61. The van der Waals surface area contributed by atoms with E-state index >= 15 is 0 Å². The Bertz CT molecular complexity index is 1220. The second-order valence-electron chi connectivity index (χ2n) is 7.49. The van der Waals surface area contributed by atoms with Crippen molar-refractivity contribution in [3.05, 3.63) is 106 Å². The molecule has 0 bridgehead atoms. The molecule has 4 rings (SSSR count). The van der Waals surface area contributed by atoms with Gasteiger partial charge in [-0.05, 0) is 49.2 Å². The van der Waals surface area contributed by atoms with E-state index in [1.807, 2.05) is 32.0 Å². The summed E-state index contributed by atoms with van der Waals surface area (Å²) in [6, 6.07) is 18.6. The average molecular weight is 435 g/mol. The molecule has 3 aromatic carbocycles. The number of hydrogen-bond acceptors (Lipinski definition) is 3. The first-order valence-electron chi connectivity index (χ1n) is 9.79. The van der Waals surface area contributed by atoms with Gasteiger partial charge in [-0.1, -0.05) is 59.6 Å². The smallest absolute Gasteiger partial charge is 0.278 e. The number of imide groups is 1. The van der Waals surface area contributed by atoms with Crippen LogP contribution < -0.4 is 5.32 Å². The molecule has 2 amide bonds. The van der Waals surface area contributed by atoms with E-state index in [2.05, 4.69) is 5.32 Å². The Hall–Kier alpha value is -3.44. The summed E-state index contributed by atoms with van der Waals surface area (Å²) in [6.45, 7) is 3.76. The minimum atomic E-state index is -0.502. The summed E-state index contributed by atoms with van der Waals surface area (Å²) in [7, 11) is 0. The van der Waals surface area contributed by atoms with Gasteiger partial charge in [0.15, 0.2) is 0 Å². The maximum absolute atomic E-state index is 14.2. The van der Waals surface area contributed by atoms with Crippen LogP contribution in [-0.4, -0.2) is 16.7 Å². The fraction of sp³-hybridized carbons (Fsp3) is 0.120. The Labute approximate surface area is 185 Å². The molecule has 156 valence electrons. The number of anilines is 1. The molecule has 0 saturated carbocycles. The van der Waals surface area contributed by atoms with Gasteiger partial charge in [0.1, 0.15) is 11.5 Å². The van der Waals surface area contributed by atoms with Gasteiger partial charge in [-0.2, -0.15) is 0 Å². The summed E-state index contributed by atoms with van der Waals surface area (Å²) >= 11 is 6.00. The normalized spacial score (nSPS) is 13.9. The molecule has 0 unspecified atom stereocenters. The van der Waals surface area contributed by atoms with Gasteiger partial charge in [-0.25, -0.2) is 4.39 Å². The maximum atomic E-state index is 14.2. The van der Waals surface area contributed by atoms with Crippen molar-refractivity contribution < 1.29 is 14.0 Å². The Morgan fingerprint density at radius 1 is 0.935 bits per heavy atom. The van der Waals surface area contributed by atoms with E-state index in [4.69, 9.17) is 11.6 Å². The van der Waals surface area contributed by atoms with Crippen molar-refractivity contribution in [3.8, 4) is 0 Å². The molecule has 6 heteroatoms. The number of carbonyl (C=O) groups excluding carboxylic acids is 2. The molecule has 0 fully saturated rings. The predicted octanol–water partition coefficient (Wildman–Crippen LogP) is 5.49. The highest BCUT2D eigenvalue weighted by atomic mass is 35.5. The quantitative estimate of drug-likeness (QED) is 0.540. The van der Waals surface area contributed by atoms with Crippen molar-refractivity contribution in [2.45, 2.75) is 20.4 Å². The molecule has 0 radical (unpaired) electrons. The molecule has 0 atom stereocenters. The van der Waals surface area contributed by atoms with Crippen LogP contribution in [0.3, 0.4) is 0 Å². The lowest BCUT2D eigenvalue weighted by Gasteiger charge is -2.16. The summed E-state index contributed by atoms with van der Waals surface area (Å²) in [5.74, 6) is -1.45. The van der Waals surface area contributed by atoms with Crippen LogP contribution in [0.5, 0.6) is 0 Å². The summed E-state index contributed by atoms with van der Waals surface area (Å²) in [5.41, 5.74) is 3.98. The molecule has 1 aliphatic rings. The number of carbonyl (C=O) groups is 2. The van der Waals surface area contributed by atoms with Crippen LogP contribution in [0, 0.1) is 19.7 Å². The van der Waals surface area contributed by atoms with Gasteiger partial charge >= 0.3 is 0 Å². The van der Waals surface area contributed by atoms with Gasteiger partial charge in [-0.3, -0.25) is 14.5 Å². The molecule has 0 spiro atoms. The van der Waals surface area contributed by atoms with Crippen LogP contribution in [0.15, 0.2) is 72.4 Å². The number of halogens is 2. The Balaban J connectivity index is 1.77. The third kappa shape index (κ3) is 4.09. The van der Waals surface area contributed by atoms with Crippen molar-refractivity contribution in [1.82, 2.24) is 4.90 Å². The summed E-state index contributed by atoms with van der Waals surface area (Å²) in [5, 5.41) is 3.67. The van der Waals surface area contributed by atoms with E-state index in [0.717, 1.165) is 21.7 Å². The van der Waals surface area contributed by atoms with E-state index in [-0.39, 0.29) is 23.4 Å². The summed E-state index contributed by atoms with van der Waals surface area (Å²) in [4.78, 5) is 27.7. The van der Waals surface area contributed by atoms with Crippen LogP contribution in [-0.2, 0) is 16.1 Å². The van der Waals surface area contributed by atoms with Gasteiger partial charge in [0.05, 0.1) is 12.1 Å². The van der Waals surface area contributed by atoms with Gasteiger partial charge < -0.3 is 5.32 Å². The third-order valence-corrected chi connectivity index (χ3v) is 5.48. The van der Waals surface area contributed by atoms with E-state index in [9.17, 15) is 14.0 Å². The van der Waals surface area contributed by atoms with E-state index in [1.54, 1.807) is 42.5 Å². The number of aryl methyl sites for hydroxylation is 2. The zero-order valence-electron chi connectivity index (χ0n) is 17.1. The molecule has 1 heterocycles. The number of nitrogens with zero attached hydrogens (tertiary/aromatic N) is 1. The standard InChI is InChI=1S/C25H20ClFN2O2/c1-15-7-12-21(16(2)13-15)28-23-22(17-8-10-19(26)11-9-17)24(30)29(25(23)31)14-18-5-3-4-6-20(18)27/h3-13,28H,14H2,1-2H3. The largest absolute Gasteiger partial charge is 0.350 e. The zero-order valence-corrected chi connectivity index (χ0v) is 17.8. The highest BCUT2D eigenvalue weighted by molar-refractivity contribution is 6.36. The minimum absolute atomic E-state index is 0.153. The molecule has 0 aromatic heterocycles. The van der Waals surface area contributed by atoms with E-state index in [0.29, 0.717) is 10.6 Å². The Morgan fingerprint density at radius 2 is 1.65 bits per heavy atom. The molecule has 1 N–H and O–H groups in total. The van der Waals surface area contributed by atoms with Crippen molar-refractivity contribution in [2.24, 2.45) is 0 Å². The van der Waals surface area contributed by atoms with E-state index in [1.165, 1.54) is 6.07 Å². The van der Waals surface area contributed by atoms with Crippen molar-refractivity contribution >= 4 is 34.7 Å². The van der Waals surface area contributed by atoms with Crippen molar-refractivity contribution in [3.63, 3.8) is 0 Å². The van der Waals surface area contributed by atoms with Gasteiger partial charge in [0.2, 0.25) is 0 Å². The Morgan fingerprint density at radius 3 is 2.32 bits per heavy atom. The first-order chi connectivity index (χ1) is 14.8. The molecule has 31 heavy (non-hydrogen) atoms. The highest BCUT2D eigenvalue weighted by Gasteiger charge is 2.39. The van der Waals surface area contributed by atoms with Crippen molar-refractivity contribution in [1.29, 1.82) is 0 Å². The molecular weight excluding hydrogens is 415 g/mol. The summed E-state index contributed by atoms with van der Waals surface area (Å²) < 4.78 is 14.2. The number of hydrogen-bond donors (Lipinski definition) is 1. The lowest BCUT2D eigenvalue weighted by Crippen LogP contribution is -2.32. The molecule has 4 nitrogen and oxygen atoms in total. The minimum Gasteiger partial charge on any atom is -0.350 e. The first-order valence-corrected chi connectivity index (χ1v) is 10.2.